The van der Waals surface area contributed by atoms with Crippen molar-refractivity contribution in [2.75, 3.05) is 57.4 Å². The first kappa shape index (κ1) is 20.6. The third-order valence-corrected chi connectivity index (χ3v) is 7.79. The molecule has 1 saturated heterocycles. The number of amides is 1. The molecule has 2 heterocycles. The average Bonchev–Trinajstić information content (AvgIpc) is 2.78. The van der Waals surface area contributed by atoms with E-state index < -0.39 is 10.0 Å². The molecule has 0 bridgehead atoms. The molecule has 1 aromatic rings. The third-order valence-electron chi connectivity index (χ3n) is 4.99. The van der Waals surface area contributed by atoms with Gasteiger partial charge in [0.05, 0.1) is 10.6 Å². The van der Waals surface area contributed by atoms with E-state index >= 15 is 0 Å². The fraction of sp³-hybridized carbons (Fsp3) is 0.611. The van der Waals surface area contributed by atoms with Gasteiger partial charge in [0.25, 0.3) is 0 Å². The Labute approximate surface area is 165 Å². The van der Waals surface area contributed by atoms with Gasteiger partial charge in [0.15, 0.2) is 0 Å². The van der Waals surface area contributed by atoms with Crippen molar-refractivity contribution in [2.24, 2.45) is 5.92 Å². The van der Waals surface area contributed by atoms with Gasteiger partial charge in [0.2, 0.25) is 15.9 Å². The van der Waals surface area contributed by atoms with Crippen molar-refractivity contribution in [3.8, 4) is 0 Å². The number of nitrogens with one attached hydrogen (secondary N) is 2. The summed E-state index contributed by atoms with van der Waals surface area (Å²) in [6, 6.07) is 4.94. The molecule has 0 aliphatic carbocycles. The van der Waals surface area contributed by atoms with Crippen LogP contribution in [0.4, 0.5) is 5.69 Å². The quantitative estimate of drug-likeness (QED) is 0.685. The molecular formula is C18H28N4O3S2. The summed E-state index contributed by atoms with van der Waals surface area (Å²) in [6.45, 7) is 7.35. The highest BCUT2D eigenvalue weighted by Gasteiger charge is 2.23. The summed E-state index contributed by atoms with van der Waals surface area (Å²) in [5.41, 5.74) is 0.578. The number of anilines is 1. The van der Waals surface area contributed by atoms with Crippen molar-refractivity contribution in [1.29, 1.82) is 0 Å². The van der Waals surface area contributed by atoms with Crippen molar-refractivity contribution < 1.29 is 13.2 Å². The Morgan fingerprint density at radius 1 is 1.26 bits per heavy atom. The highest BCUT2D eigenvalue weighted by molar-refractivity contribution is 7.99. The second-order valence-electron chi connectivity index (χ2n) is 7.26. The number of nitrogens with zero attached hydrogens (tertiary/aromatic N) is 2. The number of likely N-dealkylation sites (N-methyl/N-ethyl adjacent to an activating group) is 1. The summed E-state index contributed by atoms with van der Waals surface area (Å²) in [4.78, 5) is 17.8. The van der Waals surface area contributed by atoms with Crippen molar-refractivity contribution in [3.05, 3.63) is 18.2 Å². The van der Waals surface area contributed by atoms with Crippen LogP contribution in [-0.2, 0) is 14.8 Å². The molecule has 0 radical (unpaired) electrons. The fourth-order valence-corrected chi connectivity index (χ4v) is 5.22. The summed E-state index contributed by atoms with van der Waals surface area (Å²) in [7, 11) is -1.47. The van der Waals surface area contributed by atoms with Gasteiger partial charge in [-0.15, -0.1) is 11.8 Å². The van der Waals surface area contributed by atoms with Crippen LogP contribution < -0.4 is 10.0 Å². The molecule has 9 heteroatoms. The largest absolute Gasteiger partial charge is 0.325 e. The lowest BCUT2D eigenvalue weighted by molar-refractivity contribution is -0.118. The van der Waals surface area contributed by atoms with Gasteiger partial charge < -0.3 is 15.1 Å². The summed E-state index contributed by atoms with van der Waals surface area (Å²) in [5, 5.41) is 2.84. The Bertz CT molecular complexity index is 777. The van der Waals surface area contributed by atoms with E-state index in [4.69, 9.17) is 0 Å². The lowest BCUT2D eigenvalue weighted by Crippen LogP contribution is -2.45. The standard InChI is InChI=1S/C18H28N4O3S2/c1-14-13-26-17-5-4-15(12-16(17)20-18(14)23)27(24,25)19-6-3-7-22-10-8-21(2)9-11-22/h4-5,12,14,19H,3,6-11,13H2,1-2H3,(H,20,23)/t14-/m0/s1. The maximum atomic E-state index is 12.6. The number of hydrogen-bond acceptors (Lipinski definition) is 6. The monoisotopic (exact) mass is 412 g/mol. The van der Waals surface area contributed by atoms with Crippen LogP contribution in [0.1, 0.15) is 13.3 Å². The number of carbonyl (C=O) groups excluding carboxylic acids is 1. The number of hydrogen-bond donors (Lipinski definition) is 2. The first-order chi connectivity index (χ1) is 12.8. The number of sulfonamides is 1. The summed E-state index contributed by atoms with van der Waals surface area (Å²) in [5.74, 6) is 0.515. The topological polar surface area (TPSA) is 81.8 Å². The van der Waals surface area contributed by atoms with Gasteiger partial charge in [0.1, 0.15) is 0 Å². The Hall–Kier alpha value is -1.13. The minimum atomic E-state index is -3.59. The van der Waals surface area contributed by atoms with E-state index in [9.17, 15) is 13.2 Å². The molecule has 0 saturated carbocycles. The molecule has 0 aromatic heterocycles. The minimum absolute atomic E-state index is 0.0732. The van der Waals surface area contributed by atoms with Crippen LogP contribution in [-0.4, -0.2) is 76.2 Å². The van der Waals surface area contributed by atoms with Gasteiger partial charge >= 0.3 is 0 Å². The van der Waals surface area contributed by atoms with Crippen molar-refractivity contribution in [2.45, 2.75) is 23.1 Å². The number of rotatable bonds is 6. The lowest BCUT2D eigenvalue weighted by Gasteiger charge is -2.32. The van der Waals surface area contributed by atoms with E-state index in [1.54, 1.807) is 30.0 Å². The van der Waals surface area contributed by atoms with Crippen LogP contribution in [0.3, 0.4) is 0 Å². The average molecular weight is 413 g/mol. The Kier molecular flexibility index (Phi) is 6.80. The fourth-order valence-electron chi connectivity index (χ4n) is 3.11. The highest BCUT2D eigenvalue weighted by Crippen LogP contribution is 2.34. The first-order valence-corrected chi connectivity index (χ1v) is 11.8. The van der Waals surface area contributed by atoms with E-state index in [2.05, 4.69) is 26.9 Å². The molecule has 3 rings (SSSR count). The molecule has 27 heavy (non-hydrogen) atoms. The van der Waals surface area contributed by atoms with E-state index in [1.165, 1.54) is 0 Å². The van der Waals surface area contributed by atoms with Crippen molar-refractivity contribution in [3.63, 3.8) is 0 Å². The molecule has 0 unspecified atom stereocenters. The van der Waals surface area contributed by atoms with E-state index in [0.717, 1.165) is 44.0 Å². The van der Waals surface area contributed by atoms with E-state index in [1.807, 2.05) is 6.92 Å². The summed E-state index contributed by atoms with van der Waals surface area (Å²) in [6.07, 6.45) is 0.776. The molecular weight excluding hydrogens is 384 g/mol. The molecule has 2 aliphatic heterocycles. The molecule has 1 atom stereocenters. The first-order valence-electron chi connectivity index (χ1n) is 9.33. The predicted molar refractivity (Wildman–Crippen MR) is 109 cm³/mol. The smallest absolute Gasteiger partial charge is 0.240 e. The van der Waals surface area contributed by atoms with E-state index in [0.29, 0.717) is 18.0 Å². The van der Waals surface area contributed by atoms with E-state index in [-0.39, 0.29) is 16.7 Å². The van der Waals surface area contributed by atoms with Crippen LogP contribution in [0.5, 0.6) is 0 Å². The van der Waals surface area contributed by atoms with Gasteiger partial charge in [-0.05, 0) is 38.2 Å². The maximum absolute atomic E-state index is 12.6. The Balaban J connectivity index is 1.55. The third kappa shape index (κ3) is 5.45. The van der Waals surface area contributed by atoms with Gasteiger partial charge in [-0.1, -0.05) is 6.92 Å². The molecule has 0 spiro atoms. The molecule has 150 valence electrons. The Morgan fingerprint density at radius 2 is 2.00 bits per heavy atom. The number of piperazine rings is 1. The molecule has 1 fully saturated rings. The molecule has 1 amide bonds. The number of benzene rings is 1. The zero-order chi connectivity index (χ0) is 19.4. The second-order valence-corrected chi connectivity index (χ2v) is 10.1. The van der Waals surface area contributed by atoms with Crippen LogP contribution in [0.15, 0.2) is 28.0 Å². The summed E-state index contributed by atoms with van der Waals surface area (Å²) >= 11 is 1.57. The lowest BCUT2D eigenvalue weighted by atomic mass is 10.2. The minimum Gasteiger partial charge on any atom is -0.325 e. The van der Waals surface area contributed by atoms with Crippen molar-refractivity contribution in [1.82, 2.24) is 14.5 Å². The van der Waals surface area contributed by atoms with Gasteiger partial charge in [-0.2, -0.15) is 0 Å². The van der Waals surface area contributed by atoms with Gasteiger partial charge in [0, 0.05) is 49.3 Å². The number of carbonyl (C=O) groups is 1. The van der Waals surface area contributed by atoms with Crippen LogP contribution in [0.2, 0.25) is 0 Å². The van der Waals surface area contributed by atoms with Crippen LogP contribution >= 0.6 is 11.8 Å². The molecule has 1 aromatic carbocycles. The zero-order valence-electron chi connectivity index (χ0n) is 15.9. The SMILES string of the molecule is C[C@H]1CSc2ccc(S(=O)(=O)NCCCN3CCN(C)CC3)cc2NC1=O. The summed E-state index contributed by atoms with van der Waals surface area (Å²) < 4.78 is 27.9. The van der Waals surface area contributed by atoms with Crippen LogP contribution in [0.25, 0.3) is 0 Å². The van der Waals surface area contributed by atoms with Gasteiger partial charge in [-0.25, -0.2) is 13.1 Å². The van der Waals surface area contributed by atoms with Gasteiger partial charge in [-0.3, -0.25) is 4.79 Å². The second kappa shape index (κ2) is 8.91. The predicted octanol–water partition coefficient (Wildman–Crippen LogP) is 1.28. The molecule has 2 N–H and O–H groups in total. The van der Waals surface area contributed by atoms with Crippen LogP contribution in [0, 0.1) is 5.92 Å². The normalized spacial score (nSPS) is 22.1. The number of fused-ring (bicyclic) bond motifs is 1. The highest BCUT2D eigenvalue weighted by atomic mass is 32.2. The molecule has 2 aliphatic rings. The van der Waals surface area contributed by atoms with Crippen molar-refractivity contribution >= 4 is 33.4 Å². The number of thioether (sulfide) groups is 1. The maximum Gasteiger partial charge on any atom is 0.240 e. The molecule has 7 nitrogen and oxygen atoms in total. The Morgan fingerprint density at radius 3 is 2.74 bits per heavy atom. The zero-order valence-corrected chi connectivity index (χ0v) is 17.5.